The lowest BCUT2D eigenvalue weighted by atomic mass is 9.94. The predicted molar refractivity (Wildman–Crippen MR) is 162 cm³/mol. The normalized spacial score (nSPS) is 13.7. The number of aliphatic imine (C=N–C) groups is 1. The van der Waals surface area contributed by atoms with Gasteiger partial charge in [-0.3, -0.25) is 24.5 Å². The molecule has 13 heteroatoms. The summed E-state index contributed by atoms with van der Waals surface area (Å²) in [6, 6.07) is 1.78. The van der Waals surface area contributed by atoms with Gasteiger partial charge in [0.1, 0.15) is 0 Å². The summed E-state index contributed by atoms with van der Waals surface area (Å²) in [7, 11) is 0.766. The Morgan fingerprint density at radius 3 is 2.11 bits per heavy atom. The summed E-state index contributed by atoms with van der Waals surface area (Å²) in [6.07, 6.45) is 2.42. The molecule has 0 amide bonds. The van der Waals surface area contributed by atoms with Crippen molar-refractivity contribution in [1.82, 2.24) is 26.0 Å². The number of hydrogen-bond donors (Lipinski definition) is 4. The second-order valence-corrected chi connectivity index (χ2v) is 9.28. The molecule has 0 radical (unpaired) electrons. The molecule has 0 aromatic carbocycles. The van der Waals surface area contributed by atoms with Crippen LogP contribution in [0.4, 0.5) is 8.63 Å². The highest BCUT2D eigenvalue weighted by molar-refractivity contribution is 7.80. The number of rotatable bonds is 10. The molecule has 202 valence electrons. The topological polar surface area (TPSA) is 90.1 Å². The quantitative estimate of drug-likeness (QED) is 0.114. The number of halogens is 2. The fraction of sp³-hybridized carbons (Fsp3) is 0.458. The first-order valence-electron chi connectivity index (χ1n) is 11.7. The maximum atomic E-state index is 14.0. The second-order valence-electron chi connectivity index (χ2n) is 8.46. The molecule has 4 N–H and O–H groups in total. The molecule has 8 nitrogen and oxygen atoms in total. The van der Waals surface area contributed by atoms with E-state index in [1.54, 1.807) is 40.9 Å². The van der Waals surface area contributed by atoms with Gasteiger partial charge in [-0.1, -0.05) is 0 Å². The van der Waals surface area contributed by atoms with E-state index in [1.807, 2.05) is 33.8 Å². The number of aromatic nitrogens is 1. The summed E-state index contributed by atoms with van der Waals surface area (Å²) >= 11 is 10.3. The molecule has 0 aliphatic carbocycles. The Kier molecular flexibility index (Phi) is 13.3. The highest BCUT2D eigenvalue weighted by Gasteiger charge is 2.26. The third-order valence-corrected chi connectivity index (χ3v) is 6.32. The Hall–Kier alpha value is -2.93. The molecule has 0 bridgehead atoms. The van der Waals surface area contributed by atoms with E-state index in [4.69, 9.17) is 24.4 Å². The smallest absolute Gasteiger partial charge is 0.364 e. The van der Waals surface area contributed by atoms with Crippen molar-refractivity contribution in [2.45, 2.75) is 54.9 Å². The Morgan fingerprint density at radius 2 is 1.59 bits per heavy atom. The van der Waals surface area contributed by atoms with Crippen molar-refractivity contribution in [2.24, 2.45) is 15.2 Å². The number of nitrogens with one attached hydrogen (secondary N) is 4. The SMILES string of the molecule is C/N=C(C)/C=C(C)\C(C)=C(/CCNC(=S)N/N=C(C)/C(C)=N/NC(=S)NC)c1c(C)cc(C)n1B(F)F. The lowest BCUT2D eigenvalue weighted by Crippen LogP contribution is -2.34. The summed E-state index contributed by atoms with van der Waals surface area (Å²) in [5.74, 6) is 0. The summed E-state index contributed by atoms with van der Waals surface area (Å²) in [5, 5.41) is 14.9. The van der Waals surface area contributed by atoms with Crippen molar-refractivity contribution in [3.8, 4) is 0 Å². The zero-order valence-electron chi connectivity index (χ0n) is 23.0. The first-order valence-corrected chi connectivity index (χ1v) is 12.5. The second kappa shape index (κ2) is 15.4. The predicted octanol–water partition coefficient (Wildman–Crippen LogP) is 4.39. The number of hydrogen-bond acceptors (Lipinski definition) is 5. The largest absolute Gasteiger partial charge is 0.677 e. The van der Waals surface area contributed by atoms with E-state index in [-0.39, 0.29) is 0 Å². The molecule has 1 aromatic heterocycles. The fourth-order valence-corrected chi connectivity index (χ4v) is 3.68. The molecule has 0 spiro atoms. The Balaban J connectivity index is 3.13. The van der Waals surface area contributed by atoms with Crippen molar-refractivity contribution in [2.75, 3.05) is 20.6 Å². The molecule has 0 fully saturated rings. The van der Waals surface area contributed by atoms with Crippen molar-refractivity contribution in [1.29, 1.82) is 0 Å². The Labute approximate surface area is 230 Å². The van der Waals surface area contributed by atoms with E-state index in [9.17, 15) is 8.63 Å². The molecule has 1 aromatic rings. The van der Waals surface area contributed by atoms with Gasteiger partial charge >= 0.3 is 7.40 Å². The summed E-state index contributed by atoms with van der Waals surface area (Å²) < 4.78 is 29.1. The zero-order chi connectivity index (χ0) is 28.3. The van der Waals surface area contributed by atoms with Crippen LogP contribution in [0.15, 0.2) is 38.5 Å². The van der Waals surface area contributed by atoms with Crippen LogP contribution >= 0.6 is 24.4 Å². The highest BCUT2D eigenvalue weighted by Crippen LogP contribution is 2.31. The minimum Gasteiger partial charge on any atom is -0.364 e. The molecular weight excluding hydrogens is 513 g/mol. The van der Waals surface area contributed by atoms with E-state index >= 15 is 0 Å². The number of nitrogens with zero attached hydrogens (tertiary/aromatic N) is 4. The van der Waals surface area contributed by atoms with Crippen LogP contribution in [0.1, 0.15) is 58.0 Å². The van der Waals surface area contributed by atoms with E-state index < -0.39 is 7.40 Å². The average Bonchev–Trinajstić information content (AvgIpc) is 3.15. The molecule has 1 heterocycles. The van der Waals surface area contributed by atoms with Crippen LogP contribution < -0.4 is 21.5 Å². The average molecular weight is 551 g/mol. The van der Waals surface area contributed by atoms with Gasteiger partial charge in [0.2, 0.25) is 0 Å². The van der Waals surface area contributed by atoms with E-state index in [0.717, 1.165) is 32.5 Å². The molecule has 0 saturated carbocycles. The van der Waals surface area contributed by atoms with E-state index in [1.165, 1.54) is 0 Å². The summed E-state index contributed by atoms with van der Waals surface area (Å²) in [4.78, 5) is 4.19. The van der Waals surface area contributed by atoms with E-state index in [0.29, 0.717) is 46.0 Å². The van der Waals surface area contributed by atoms with Gasteiger partial charge in [-0.15, -0.1) is 0 Å². The van der Waals surface area contributed by atoms with Crippen LogP contribution in [0.2, 0.25) is 0 Å². The van der Waals surface area contributed by atoms with Gasteiger partial charge < -0.3 is 15.1 Å². The van der Waals surface area contributed by atoms with Crippen LogP contribution in [0, 0.1) is 13.8 Å². The third-order valence-electron chi connectivity index (χ3n) is 5.78. The highest BCUT2D eigenvalue weighted by atomic mass is 32.1. The first kappa shape index (κ1) is 32.1. The maximum absolute atomic E-state index is 14.0. The Bertz CT molecular complexity index is 1150. The number of thiocarbonyl (C=S) groups is 2. The van der Waals surface area contributed by atoms with Crippen molar-refractivity contribution in [3.63, 3.8) is 0 Å². The number of hydrazone groups is 2. The van der Waals surface area contributed by atoms with Crippen LogP contribution in [0.25, 0.3) is 5.57 Å². The molecule has 0 atom stereocenters. The molecule has 0 aliphatic heterocycles. The first-order chi connectivity index (χ1) is 17.3. The van der Waals surface area contributed by atoms with Gasteiger partial charge in [-0.2, -0.15) is 10.2 Å². The van der Waals surface area contributed by atoms with Gasteiger partial charge in [-0.25, -0.2) is 0 Å². The standard InChI is InChI=1S/C24H37BF2N8S2/c1-14(12-16(3)28-8)18(5)21(22-15(2)13-17(4)35(22)25(26)27)10-11-30-24(37)34-32-20(7)19(6)31-33-23(36)29-9/h12-13H,10-11H2,1-9H3,(H2,29,33,36)(H2,30,34,37)/b14-12-,21-18+,28-16+,31-19+,32-20+. The summed E-state index contributed by atoms with van der Waals surface area (Å²) in [6.45, 7) is 13.3. The monoisotopic (exact) mass is 550 g/mol. The Morgan fingerprint density at radius 1 is 1.03 bits per heavy atom. The molecule has 37 heavy (non-hydrogen) atoms. The van der Waals surface area contributed by atoms with Crippen LogP contribution in [0.5, 0.6) is 0 Å². The number of allylic oxidation sites excluding steroid dienone is 3. The van der Waals surface area contributed by atoms with Gasteiger partial charge in [0.05, 0.1) is 11.4 Å². The summed E-state index contributed by atoms with van der Waals surface area (Å²) in [5.41, 5.74) is 12.1. The third kappa shape index (κ3) is 9.80. The lowest BCUT2D eigenvalue weighted by Gasteiger charge is -2.18. The molecular formula is C24H37BF2N8S2. The maximum Gasteiger partial charge on any atom is 0.677 e. The molecule has 0 aliphatic rings. The van der Waals surface area contributed by atoms with Gasteiger partial charge in [0, 0.05) is 37.7 Å². The van der Waals surface area contributed by atoms with Gasteiger partial charge in [0.25, 0.3) is 0 Å². The van der Waals surface area contributed by atoms with Crippen molar-refractivity contribution in [3.05, 3.63) is 40.2 Å². The molecule has 0 saturated heterocycles. The minimum absolute atomic E-state index is 0.307. The number of aryl methyl sites for hydroxylation is 2. The van der Waals surface area contributed by atoms with Gasteiger partial charge in [-0.05, 0) is 114 Å². The zero-order valence-corrected chi connectivity index (χ0v) is 24.6. The van der Waals surface area contributed by atoms with Gasteiger partial charge in [0.15, 0.2) is 10.2 Å². The van der Waals surface area contributed by atoms with E-state index in [2.05, 4.69) is 36.7 Å². The fourth-order valence-electron chi connectivity index (χ4n) is 3.49. The molecule has 0 unspecified atom stereocenters. The minimum atomic E-state index is -2.65. The van der Waals surface area contributed by atoms with Crippen LogP contribution in [-0.4, -0.2) is 59.9 Å². The van der Waals surface area contributed by atoms with Crippen molar-refractivity contribution < 1.29 is 8.63 Å². The lowest BCUT2D eigenvalue weighted by molar-refractivity contribution is 0.623. The van der Waals surface area contributed by atoms with Crippen LogP contribution in [-0.2, 0) is 0 Å². The molecule has 1 rings (SSSR count). The van der Waals surface area contributed by atoms with Crippen molar-refractivity contribution >= 4 is 64.8 Å². The van der Waals surface area contributed by atoms with Crippen LogP contribution in [0.3, 0.4) is 0 Å².